The van der Waals surface area contributed by atoms with Gasteiger partial charge in [0.2, 0.25) is 0 Å². The van der Waals surface area contributed by atoms with Crippen LogP contribution < -0.4 is 0 Å². The zero-order chi connectivity index (χ0) is 7.98. The average molecular weight is 140 g/mol. The lowest BCUT2D eigenvalue weighted by Crippen LogP contribution is -1.77. The number of rotatable bonds is 3. The zero-order valence-electron chi connectivity index (χ0n) is 6.04. The van der Waals surface area contributed by atoms with Gasteiger partial charge in [0.15, 0.2) is 0 Å². The Morgan fingerprint density at radius 3 is 2.60 bits per heavy atom. The van der Waals surface area contributed by atoms with Crippen molar-refractivity contribution >= 4 is 0 Å². The number of hydrogen-bond donors (Lipinski definition) is 2. The Morgan fingerprint density at radius 1 is 1.60 bits per heavy atom. The summed E-state index contributed by atoms with van der Waals surface area (Å²) in [4.78, 5) is 0. The van der Waals surface area contributed by atoms with Crippen LogP contribution >= 0.6 is 0 Å². The van der Waals surface area contributed by atoms with E-state index in [-0.39, 0.29) is 12.4 Å². The maximum Gasteiger partial charge on any atom is 0.115 e. The Kier molecular flexibility index (Phi) is 4.33. The van der Waals surface area contributed by atoms with E-state index in [1.165, 1.54) is 18.2 Å². The van der Waals surface area contributed by atoms with Gasteiger partial charge in [-0.1, -0.05) is 18.2 Å². The predicted octanol–water partition coefficient (Wildman–Crippen LogP) is 1.55. The third-order valence-corrected chi connectivity index (χ3v) is 0.788. The molecule has 0 aliphatic rings. The van der Waals surface area contributed by atoms with Crippen LogP contribution in [0.2, 0.25) is 0 Å². The van der Waals surface area contributed by atoms with E-state index in [1.54, 1.807) is 6.92 Å². The van der Waals surface area contributed by atoms with Gasteiger partial charge in [0.1, 0.15) is 5.76 Å². The third kappa shape index (κ3) is 5.12. The van der Waals surface area contributed by atoms with Crippen molar-refractivity contribution in [2.75, 3.05) is 6.61 Å². The molecule has 0 heterocycles. The Balaban J connectivity index is 3.94. The van der Waals surface area contributed by atoms with Crippen LogP contribution in [0.25, 0.3) is 0 Å². The molecule has 0 aromatic heterocycles. The first kappa shape index (κ1) is 8.98. The fourth-order valence-corrected chi connectivity index (χ4v) is 0.474. The topological polar surface area (TPSA) is 40.5 Å². The van der Waals surface area contributed by atoms with Crippen LogP contribution in [0, 0.1) is 0 Å². The Hall–Kier alpha value is -1.02. The van der Waals surface area contributed by atoms with Crippen molar-refractivity contribution in [3.63, 3.8) is 0 Å². The van der Waals surface area contributed by atoms with Crippen molar-refractivity contribution in [3.05, 3.63) is 36.1 Å². The molecule has 10 heavy (non-hydrogen) atoms. The Morgan fingerprint density at radius 2 is 2.20 bits per heavy atom. The lowest BCUT2D eigenvalue weighted by molar-refractivity contribution is 0.341. The third-order valence-electron chi connectivity index (χ3n) is 0.788. The van der Waals surface area contributed by atoms with E-state index in [2.05, 4.69) is 6.58 Å². The van der Waals surface area contributed by atoms with Gasteiger partial charge in [-0.05, 0) is 19.1 Å². The van der Waals surface area contributed by atoms with Gasteiger partial charge in [-0.25, -0.2) is 0 Å². The SMILES string of the molecule is C=C(C)/C=C(O)\C=C/CO. The quantitative estimate of drug-likeness (QED) is 0.461. The summed E-state index contributed by atoms with van der Waals surface area (Å²) in [5.41, 5.74) is 0.778. The summed E-state index contributed by atoms with van der Waals surface area (Å²) in [7, 11) is 0. The van der Waals surface area contributed by atoms with Gasteiger partial charge in [-0.2, -0.15) is 0 Å². The number of allylic oxidation sites excluding steroid dienone is 3. The van der Waals surface area contributed by atoms with Crippen LogP contribution in [0.3, 0.4) is 0 Å². The summed E-state index contributed by atoms with van der Waals surface area (Å²) >= 11 is 0. The largest absolute Gasteiger partial charge is 0.508 e. The highest BCUT2D eigenvalue weighted by Gasteiger charge is 1.82. The molecule has 56 valence electrons. The molecule has 0 saturated carbocycles. The van der Waals surface area contributed by atoms with Crippen molar-refractivity contribution < 1.29 is 10.2 Å². The van der Waals surface area contributed by atoms with E-state index in [9.17, 15) is 0 Å². The van der Waals surface area contributed by atoms with Gasteiger partial charge < -0.3 is 10.2 Å². The zero-order valence-corrected chi connectivity index (χ0v) is 6.04. The van der Waals surface area contributed by atoms with E-state index < -0.39 is 0 Å². The summed E-state index contributed by atoms with van der Waals surface area (Å²) in [5, 5.41) is 17.3. The maximum atomic E-state index is 8.95. The van der Waals surface area contributed by atoms with Gasteiger partial charge in [0.25, 0.3) is 0 Å². The number of hydrogen-bond acceptors (Lipinski definition) is 2. The van der Waals surface area contributed by atoms with Crippen molar-refractivity contribution in [2.24, 2.45) is 0 Å². The van der Waals surface area contributed by atoms with Gasteiger partial charge in [-0.15, -0.1) is 0 Å². The molecule has 0 rings (SSSR count). The molecule has 0 radical (unpaired) electrons. The second kappa shape index (κ2) is 4.82. The highest BCUT2D eigenvalue weighted by Crippen LogP contribution is 1.96. The highest BCUT2D eigenvalue weighted by molar-refractivity contribution is 5.21. The summed E-state index contributed by atoms with van der Waals surface area (Å²) in [5.74, 6) is 0.113. The normalized spacial score (nSPS) is 12.4. The minimum Gasteiger partial charge on any atom is -0.508 e. The van der Waals surface area contributed by atoms with Gasteiger partial charge in [-0.3, -0.25) is 0 Å². The molecule has 2 N–H and O–H groups in total. The van der Waals surface area contributed by atoms with Crippen molar-refractivity contribution in [1.82, 2.24) is 0 Å². The molecular weight excluding hydrogens is 128 g/mol. The molecule has 0 unspecified atom stereocenters. The van der Waals surface area contributed by atoms with Crippen LogP contribution in [0.5, 0.6) is 0 Å². The summed E-state index contributed by atoms with van der Waals surface area (Å²) in [6.45, 7) is 5.29. The van der Waals surface area contributed by atoms with Crippen LogP contribution in [-0.4, -0.2) is 16.8 Å². The average Bonchev–Trinajstić information content (AvgIpc) is 1.82. The second-order valence-corrected chi connectivity index (χ2v) is 2.00. The van der Waals surface area contributed by atoms with Crippen LogP contribution in [0.4, 0.5) is 0 Å². The van der Waals surface area contributed by atoms with E-state index in [0.29, 0.717) is 0 Å². The van der Waals surface area contributed by atoms with Crippen molar-refractivity contribution in [1.29, 1.82) is 0 Å². The lowest BCUT2D eigenvalue weighted by atomic mass is 10.3. The van der Waals surface area contributed by atoms with Crippen LogP contribution in [0.15, 0.2) is 36.1 Å². The van der Waals surface area contributed by atoms with E-state index in [1.807, 2.05) is 0 Å². The Labute approximate surface area is 60.8 Å². The minimum absolute atomic E-state index is 0.0614. The number of aliphatic hydroxyl groups is 2. The molecule has 0 aromatic rings. The molecule has 0 fully saturated rings. The van der Waals surface area contributed by atoms with Crippen molar-refractivity contribution in [3.8, 4) is 0 Å². The molecule has 0 aromatic carbocycles. The van der Waals surface area contributed by atoms with Gasteiger partial charge in [0, 0.05) is 0 Å². The second-order valence-electron chi connectivity index (χ2n) is 2.00. The molecule has 0 atom stereocenters. The summed E-state index contributed by atoms with van der Waals surface area (Å²) < 4.78 is 0. The molecule has 0 aliphatic heterocycles. The first-order valence-electron chi connectivity index (χ1n) is 3.00. The summed E-state index contributed by atoms with van der Waals surface area (Å²) in [6.07, 6.45) is 4.40. The monoisotopic (exact) mass is 140 g/mol. The van der Waals surface area contributed by atoms with E-state index in [4.69, 9.17) is 10.2 Å². The van der Waals surface area contributed by atoms with Gasteiger partial charge in [0.05, 0.1) is 6.61 Å². The Bertz CT molecular complexity index is 166. The number of aliphatic hydroxyl groups excluding tert-OH is 2. The van der Waals surface area contributed by atoms with E-state index in [0.717, 1.165) is 5.57 Å². The smallest absolute Gasteiger partial charge is 0.115 e. The van der Waals surface area contributed by atoms with Crippen LogP contribution in [0.1, 0.15) is 6.92 Å². The molecule has 0 saturated heterocycles. The fraction of sp³-hybridized carbons (Fsp3) is 0.250. The predicted molar refractivity (Wildman–Crippen MR) is 41.8 cm³/mol. The fourth-order valence-electron chi connectivity index (χ4n) is 0.474. The molecule has 2 nitrogen and oxygen atoms in total. The molecule has 0 bridgehead atoms. The first-order valence-corrected chi connectivity index (χ1v) is 3.00. The lowest BCUT2D eigenvalue weighted by Gasteiger charge is -1.89. The standard InChI is InChI=1S/C8H12O2/c1-7(2)6-8(10)4-3-5-9/h3-4,6,9-10H,1,5H2,2H3/b4-3-,8-6+. The molecule has 0 aliphatic carbocycles. The molecule has 0 spiro atoms. The van der Waals surface area contributed by atoms with E-state index >= 15 is 0 Å². The molecule has 0 amide bonds. The van der Waals surface area contributed by atoms with Crippen molar-refractivity contribution in [2.45, 2.75) is 6.92 Å². The van der Waals surface area contributed by atoms with Crippen LogP contribution in [-0.2, 0) is 0 Å². The highest BCUT2D eigenvalue weighted by atomic mass is 16.3. The molecular formula is C8H12O2. The summed E-state index contributed by atoms with van der Waals surface area (Å²) in [6, 6.07) is 0. The van der Waals surface area contributed by atoms with Gasteiger partial charge >= 0.3 is 0 Å². The minimum atomic E-state index is -0.0614. The first-order chi connectivity index (χ1) is 4.66. The maximum absolute atomic E-state index is 8.95. The molecule has 2 heteroatoms.